The molecule has 0 fully saturated rings. The summed E-state index contributed by atoms with van der Waals surface area (Å²) in [6.45, 7) is 1.79. The Morgan fingerprint density at radius 2 is 2.15 bits per heavy atom. The van der Waals surface area contributed by atoms with Gasteiger partial charge in [0.05, 0.1) is 29.4 Å². The number of carbonyl (C=O) groups is 1. The zero-order valence-electron chi connectivity index (χ0n) is 17.6. The number of fused-ring (bicyclic) bond motifs is 1. The van der Waals surface area contributed by atoms with Crippen LogP contribution in [-0.2, 0) is 7.05 Å². The van der Waals surface area contributed by atoms with E-state index >= 15 is 0 Å². The summed E-state index contributed by atoms with van der Waals surface area (Å²) in [6.07, 6.45) is 0. The summed E-state index contributed by atoms with van der Waals surface area (Å²) in [6, 6.07) is 5.21. The Hall–Kier alpha value is -4.08. The maximum atomic E-state index is 13.2. The van der Waals surface area contributed by atoms with Crippen LogP contribution in [0.5, 0.6) is 5.75 Å². The van der Waals surface area contributed by atoms with Gasteiger partial charge in [-0.05, 0) is 23.8 Å². The van der Waals surface area contributed by atoms with Crippen molar-refractivity contribution in [2.45, 2.75) is 6.92 Å². The topological polar surface area (TPSA) is 177 Å². The predicted octanol–water partition coefficient (Wildman–Crippen LogP) is 2.33. The van der Waals surface area contributed by atoms with E-state index in [1.807, 2.05) is 6.07 Å². The number of nitrogens with two attached hydrogens (primary N) is 2. The van der Waals surface area contributed by atoms with E-state index in [-0.39, 0.29) is 43.4 Å². The molecule has 0 unspecified atom stereocenters. The molecule has 4 aromatic rings. The second-order valence-corrected chi connectivity index (χ2v) is 8.43. The van der Waals surface area contributed by atoms with Gasteiger partial charge in [-0.25, -0.2) is 9.78 Å². The molecule has 1 aromatic carbocycles. The van der Waals surface area contributed by atoms with Gasteiger partial charge in [0.15, 0.2) is 7.05 Å². The molecule has 0 spiro atoms. The minimum absolute atomic E-state index is 0.0112. The van der Waals surface area contributed by atoms with Crippen molar-refractivity contribution in [1.82, 2.24) is 10.3 Å². The molecule has 4 rings (SSSR count). The Morgan fingerprint density at radius 1 is 1.42 bits per heavy atom. The molecular weight excluding hydrogens is 470 g/mol. The number of pyridine rings is 1. The molecule has 11 nitrogen and oxygen atoms in total. The first-order valence-corrected chi connectivity index (χ1v) is 10.5. The zero-order chi connectivity index (χ0) is 24.0. The molecule has 1 amide bonds. The van der Waals surface area contributed by atoms with Crippen molar-refractivity contribution in [3.63, 3.8) is 0 Å². The van der Waals surface area contributed by atoms with E-state index in [9.17, 15) is 14.9 Å². The van der Waals surface area contributed by atoms with Crippen LogP contribution in [0.25, 0.3) is 21.5 Å². The van der Waals surface area contributed by atoms with Gasteiger partial charge < -0.3 is 21.5 Å². The summed E-state index contributed by atoms with van der Waals surface area (Å²) >= 11 is 7.11. The highest BCUT2D eigenvalue weighted by Crippen LogP contribution is 2.41. The lowest BCUT2D eigenvalue weighted by Crippen LogP contribution is -2.34. The molecule has 0 aliphatic heterocycles. The molecule has 0 saturated carbocycles. The molecule has 0 saturated heterocycles. The Morgan fingerprint density at radius 3 is 2.76 bits per heavy atom. The van der Waals surface area contributed by atoms with Gasteiger partial charge in [-0.15, -0.1) is 11.3 Å². The van der Waals surface area contributed by atoms with Gasteiger partial charge in [-0.1, -0.05) is 16.3 Å². The van der Waals surface area contributed by atoms with Crippen LogP contribution in [0.2, 0.25) is 5.02 Å². The number of ether oxygens (including phenoxy) is 1. The van der Waals surface area contributed by atoms with Crippen LogP contribution in [-0.4, -0.2) is 23.3 Å². The SMILES string of the molecule is COc1cc(Cl)c(C)cc1NC(=O)c1sc2nc(N)c(C#N)c(-c3c(=O)o[nH][n+]3C)c2c1N. The summed E-state index contributed by atoms with van der Waals surface area (Å²) in [7, 11) is 2.98. The molecule has 0 atom stereocenters. The lowest BCUT2D eigenvalue weighted by molar-refractivity contribution is -0.730. The molecule has 0 aliphatic rings. The number of rotatable bonds is 4. The highest BCUT2D eigenvalue weighted by atomic mass is 35.5. The Bertz CT molecular complexity index is 1550. The number of amides is 1. The summed E-state index contributed by atoms with van der Waals surface area (Å²) in [5.41, 5.74) is 12.8. The van der Waals surface area contributed by atoms with Crippen molar-refractivity contribution < 1.29 is 18.7 Å². The van der Waals surface area contributed by atoms with Crippen molar-refractivity contribution in [3.05, 3.63) is 43.6 Å². The number of nitrogens with one attached hydrogen (secondary N) is 2. The zero-order valence-corrected chi connectivity index (χ0v) is 19.1. The molecule has 3 heterocycles. The molecule has 6 N–H and O–H groups in total. The monoisotopic (exact) mass is 486 g/mol. The number of H-pyrrole nitrogens is 1. The first-order valence-electron chi connectivity index (χ1n) is 9.32. The third-order valence-corrected chi connectivity index (χ3v) is 6.50. The van der Waals surface area contributed by atoms with E-state index in [4.69, 9.17) is 32.3 Å². The van der Waals surface area contributed by atoms with E-state index in [0.29, 0.717) is 16.5 Å². The minimum atomic E-state index is -0.737. The highest BCUT2D eigenvalue weighted by molar-refractivity contribution is 7.21. The first kappa shape index (κ1) is 22.1. The Kier molecular flexibility index (Phi) is 5.44. The van der Waals surface area contributed by atoms with E-state index in [1.54, 1.807) is 19.1 Å². The fourth-order valence-corrected chi connectivity index (χ4v) is 4.57. The number of benzene rings is 1. The number of carbonyl (C=O) groups excluding carboxylic acids is 1. The lowest BCUT2D eigenvalue weighted by atomic mass is 10.0. The number of hydrogen-bond acceptors (Lipinski definition) is 9. The fraction of sp³-hybridized carbons (Fsp3) is 0.150. The van der Waals surface area contributed by atoms with E-state index in [1.165, 1.54) is 18.8 Å². The van der Waals surface area contributed by atoms with Crippen molar-refractivity contribution in [2.24, 2.45) is 7.05 Å². The normalized spacial score (nSPS) is 10.9. The van der Waals surface area contributed by atoms with Gasteiger partial charge in [0, 0.05) is 11.1 Å². The van der Waals surface area contributed by atoms with E-state index in [2.05, 4.69) is 15.6 Å². The third-order valence-electron chi connectivity index (χ3n) is 4.99. The largest absolute Gasteiger partial charge is 0.495 e. The molecule has 13 heteroatoms. The number of halogens is 1. The van der Waals surface area contributed by atoms with Crippen LogP contribution in [0, 0.1) is 18.3 Å². The van der Waals surface area contributed by atoms with Gasteiger partial charge in [-0.3, -0.25) is 9.32 Å². The molecule has 0 radical (unpaired) electrons. The summed E-state index contributed by atoms with van der Waals surface area (Å²) < 4.78 is 11.4. The van der Waals surface area contributed by atoms with Crippen LogP contribution in [0.15, 0.2) is 21.5 Å². The number of nitrogen functional groups attached to an aromatic ring is 2. The van der Waals surface area contributed by atoms with Crippen LogP contribution in [0.3, 0.4) is 0 Å². The average Bonchev–Trinajstić information content (AvgIpc) is 3.28. The van der Waals surface area contributed by atoms with Crippen LogP contribution in [0.4, 0.5) is 17.2 Å². The van der Waals surface area contributed by atoms with Gasteiger partial charge in [-0.2, -0.15) is 5.26 Å². The number of thiophene rings is 1. The minimum Gasteiger partial charge on any atom is -0.495 e. The number of aromatic nitrogens is 3. The smallest absolute Gasteiger partial charge is 0.435 e. The lowest BCUT2D eigenvalue weighted by Gasteiger charge is -2.12. The number of hydrogen-bond donors (Lipinski definition) is 4. The van der Waals surface area contributed by atoms with Crippen LogP contribution in [0.1, 0.15) is 20.8 Å². The molecule has 0 aliphatic carbocycles. The number of methoxy groups -OCH3 is 1. The number of nitrogens with zero attached hydrogens (tertiary/aromatic N) is 3. The van der Waals surface area contributed by atoms with Crippen LogP contribution < -0.4 is 31.8 Å². The highest BCUT2D eigenvalue weighted by Gasteiger charge is 2.32. The standard InChI is InChI=1S/C20H16ClN7O4S/c1-7-4-10(11(31-3)5-9(7)21)25-18(29)16-14(23)13-12(15-20(30)32-27-28(15)2)8(6-22)17(24)26-19(13)33-16/h4-5H,1-3H3,(H5-,23,24,25,26,27,29,30)/p+1. The maximum absolute atomic E-state index is 13.2. The molecule has 3 aromatic heterocycles. The molecule has 0 bridgehead atoms. The third kappa shape index (κ3) is 3.53. The predicted molar refractivity (Wildman–Crippen MR) is 123 cm³/mol. The second kappa shape index (κ2) is 8.12. The number of aryl methyl sites for hydroxylation is 2. The molecule has 168 valence electrons. The Balaban J connectivity index is 1.92. The molecular formula is C20H17ClN7O4S+. The van der Waals surface area contributed by atoms with E-state index < -0.39 is 11.5 Å². The van der Waals surface area contributed by atoms with Crippen LogP contribution >= 0.6 is 22.9 Å². The number of nitriles is 1. The molecule has 33 heavy (non-hydrogen) atoms. The van der Waals surface area contributed by atoms with Crippen molar-refractivity contribution in [1.29, 1.82) is 5.26 Å². The van der Waals surface area contributed by atoms with Gasteiger partial charge in [0.25, 0.3) is 5.91 Å². The van der Waals surface area contributed by atoms with Gasteiger partial charge in [0.2, 0.25) is 0 Å². The van der Waals surface area contributed by atoms with Crippen molar-refractivity contribution >= 4 is 56.3 Å². The number of aromatic amines is 1. The van der Waals surface area contributed by atoms with Gasteiger partial charge >= 0.3 is 11.3 Å². The average molecular weight is 487 g/mol. The number of anilines is 3. The van der Waals surface area contributed by atoms with E-state index in [0.717, 1.165) is 16.9 Å². The fourth-order valence-electron chi connectivity index (χ4n) is 3.41. The summed E-state index contributed by atoms with van der Waals surface area (Å²) in [5.74, 6) is -0.279. The second-order valence-electron chi connectivity index (χ2n) is 7.03. The van der Waals surface area contributed by atoms with Gasteiger partial charge in [0.1, 0.15) is 32.9 Å². The summed E-state index contributed by atoms with van der Waals surface area (Å²) in [5, 5.41) is 15.6. The maximum Gasteiger partial charge on any atom is 0.435 e. The summed E-state index contributed by atoms with van der Waals surface area (Å²) in [4.78, 5) is 30.1. The first-order chi connectivity index (χ1) is 15.7. The van der Waals surface area contributed by atoms with Crippen molar-refractivity contribution in [3.8, 4) is 23.1 Å². The quantitative estimate of drug-likeness (QED) is 0.317. The van der Waals surface area contributed by atoms with Crippen molar-refractivity contribution in [2.75, 3.05) is 23.9 Å². The Labute approximate surface area is 195 Å².